The summed E-state index contributed by atoms with van der Waals surface area (Å²) in [4.78, 5) is 14.3. The van der Waals surface area contributed by atoms with Crippen molar-refractivity contribution in [3.63, 3.8) is 0 Å². The Hall–Kier alpha value is -3.85. The molecule has 0 aliphatic carbocycles. The molecule has 0 saturated carbocycles. The summed E-state index contributed by atoms with van der Waals surface area (Å²) in [6.07, 6.45) is 4.01. The summed E-state index contributed by atoms with van der Waals surface area (Å²) < 4.78 is 19.0. The second-order valence-corrected chi connectivity index (χ2v) is 8.41. The summed E-state index contributed by atoms with van der Waals surface area (Å²) in [5.74, 6) is 4.31. The van der Waals surface area contributed by atoms with Crippen molar-refractivity contribution >= 4 is 17.0 Å². The lowest BCUT2D eigenvalue weighted by atomic mass is 10.1. The third-order valence-electron chi connectivity index (χ3n) is 6.16. The molecule has 4 heterocycles. The highest BCUT2D eigenvalue weighted by Gasteiger charge is 2.20. The standard InChI is InChI=1S/C25H26N6O3/c1-32-18-5-6-20-19(14-18)29-24(16-4-7-21-22(13-16)34-12-11-33-21)31(20)23-8-10-27-25(30-23)28-17-3-2-9-26-15-17/h4-8,10,13-14,17,26H,2-3,9,11-12,15H2,1H3,(H,27,28,30)/t17-/m0/s1. The molecule has 4 aromatic rings. The van der Waals surface area contributed by atoms with E-state index in [0.29, 0.717) is 25.2 Å². The minimum Gasteiger partial charge on any atom is -0.497 e. The molecule has 0 spiro atoms. The molecule has 6 rings (SSSR count). The topological polar surface area (TPSA) is 95.3 Å². The van der Waals surface area contributed by atoms with Gasteiger partial charge in [-0.1, -0.05) is 0 Å². The molecule has 1 saturated heterocycles. The van der Waals surface area contributed by atoms with Gasteiger partial charge in [0.25, 0.3) is 0 Å². The average molecular weight is 459 g/mol. The summed E-state index contributed by atoms with van der Waals surface area (Å²) in [7, 11) is 1.66. The van der Waals surface area contributed by atoms with Crippen molar-refractivity contribution < 1.29 is 14.2 Å². The zero-order chi connectivity index (χ0) is 22.9. The van der Waals surface area contributed by atoms with Gasteiger partial charge in [-0.05, 0) is 55.8 Å². The first-order valence-electron chi connectivity index (χ1n) is 11.6. The van der Waals surface area contributed by atoms with Gasteiger partial charge in [-0.2, -0.15) is 4.98 Å². The van der Waals surface area contributed by atoms with Crippen molar-refractivity contribution in [2.75, 3.05) is 38.7 Å². The number of nitrogens with one attached hydrogen (secondary N) is 2. The number of ether oxygens (including phenoxy) is 3. The molecule has 2 N–H and O–H groups in total. The number of aromatic nitrogens is 4. The van der Waals surface area contributed by atoms with Crippen LogP contribution in [-0.4, -0.2) is 59.0 Å². The second kappa shape index (κ2) is 8.83. The molecular formula is C25H26N6O3. The SMILES string of the molecule is COc1ccc2c(c1)nc(-c1ccc3c(c1)OCCO3)n2-c1ccnc(N[C@H]2CCCNC2)n1. The summed E-state index contributed by atoms with van der Waals surface area (Å²) in [5, 5.41) is 6.90. The van der Waals surface area contributed by atoms with Crippen molar-refractivity contribution in [1.29, 1.82) is 0 Å². The van der Waals surface area contributed by atoms with E-state index in [4.69, 9.17) is 24.2 Å². The molecule has 9 heteroatoms. The van der Waals surface area contributed by atoms with Gasteiger partial charge in [0.2, 0.25) is 5.95 Å². The van der Waals surface area contributed by atoms with Crippen LogP contribution >= 0.6 is 0 Å². The van der Waals surface area contributed by atoms with Gasteiger partial charge in [-0.3, -0.25) is 4.57 Å². The monoisotopic (exact) mass is 458 g/mol. The van der Waals surface area contributed by atoms with Crippen LogP contribution in [0.5, 0.6) is 17.2 Å². The van der Waals surface area contributed by atoms with E-state index >= 15 is 0 Å². The first-order valence-corrected chi connectivity index (χ1v) is 11.6. The van der Waals surface area contributed by atoms with Crippen molar-refractivity contribution in [2.24, 2.45) is 0 Å². The van der Waals surface area contributed by atoms with E-state index in [9.17, 15) is 0 Å². The molecule has 2 aliphatic heterocycles. The van der Waals surface area contributed by atoms with Gasteiger partial charge in [-0.25, -0.2) is 9.97 Å². The Balaban J connectivity index is 1.46. The van der Waals surface area contributed by atoms with Crippen LogP contribution in [0.1, 0.15) is 12.8 Å². The van der Waals surface area contributed by atoms with Crippen molar-refractivity contribution in [2.45, 2.75) is 18.9 Å². The highest BCUT2D eigenvalue weighted by molar-refractivity contribution is 5.84. The van der Waals surface area contributed by atoms with E-state index in [1.807, 2.05) is 47.0 Å². The van der Waals surface area contributed by atoms with Gasteiger partial charge in [-0.15, -0.1) is 0 Å². The fourth-order valence-corrected chi connectivity index (χ4v) is 4.50. The largest absolute Gasteiger partial charge is 0.497 e. The number of anilines is 1. The van der Waals surface area contributed by atoms with Crippen molar-refractivity contribution in [3.05, 3.63) is 48.7 Å². The van der Waals surface area contributed by atoms with Gasteiger partial charge < -0.3 is 24.8 Å². The summed E-state index contributed by atoms with van der Waals surface area (Å²) in [6, 6.07) is 14.0. The quantitative estimate of drug-likeness (QED) is 0.470. The average Bonchev–Trinajstić information content (AvgIpc) is 3.28. The van der Waals surface area contributed by atoms with E-state index in [2.05, 4.69) is 15.6 Å². The number of hydrogen-bond donors (Lipinski definition) is 2. The molecule has 1 atom stereocenters. The Morgan fingerprint density at radius 2 is 1.97 bits per heavy atom. The Kier molecular flexibility index (Phi) is 5.38. The maximum atomic E-state index is 5.82. The van der Waals surface area contributed by atoms with Crippen molar-refractivity contribution in [1.82, 2.24) is 24.8 Å². The van der Waals surface area contributed by atoms with Crippen LogP contribution in [-0.2, 0) is 0 Å². The number of rotatable bonds is 5. The fraction of sp³-hybridized carbons (Fsp3) is 0.320. The Labute approximate surface area is 197 Å². The number of imidazole rings is 1. The predicted molar refractivity (Wildman–Crippen MR) is 129 cm³/mol. The number of piperidine rings is 1. The molecule has 1 fully saturated rings. The Bertz CT molecular complexity index is 1330. The minimum absolute atomic E-state index is 0.310. The van der Waals surface area contributed by atoms with Crippen LogP contribution < -0.4 is 24.8 Å². The maximum Gasteiger partial charge on any atom is 0.224 e. The molecule has 0 unspecified atom stereocenters. The van der Waals surface area contributed by atoms with Crippen molar-refractivity contribution in [3.8, 4) is 34.5 Å². The molecule has 34 heavy (non-hydrogen) atoms. The van der Waals surface area contributed by atoms with Gasteiger partial charge in [0.05, 0.1) is 18.1 Å². The lowest BCUT2D eigenvalue weighted by Gasteiger charge is -2.23. The molecule has 2 aromatic carbocycles. The van der Waals surface area contributed by atoms with E-state index in [-0.39, 0.29) is 0 Å². The van der Waals surface area contributed by atoms with Crippen LogP contribution in [0.25, 0.3) is 28.2 Å². The maximum absolute atomic E-state index is 5.82. The highest BCUT2D eigenvalue weighted by atomic mass is 16.6. The Morgan fingerprint density at radius 1 is 1.06 bits per heavy atom. The number of fused-ring (bicyclic) bond motifs is 2. The van der Waals surface area contributed by atoms with E-state index in [1.165, 1.54) is 0 Å². The molecule has 0 bridgehead atoms. The minimum atomic E-state index is 0.310. The summed E-state index contributed by atoms with van der Waals surface area (Å²) >= 11 is 0. The Morgan fingerprint density at radius 3 is 2.82 bits per heavy atom. The van der Waals surface area contributed by atoms with Crippen LogP contribution in [0.4, 0.5) is 5.95 Å². The molecule has 174 valence electrons. The van der Waals surface area contributed by atoms with Crippen LogP contribution in [0, 0.1) is 0 Å². The lowest BCUT2D eigenvalue weighted by molar-refractivity contribution is 0.171. The molecular weight excluding hydrogens is 432 g/mol. The first-order chi connectivity index (χ1) is 16.8. The van der Waals surface area contributed by atoms with Gasteiger partial charge >= 0.3 is 0 Å². The number of methoxy groups -OCH3 is 1. The second-order valence-electron chi connectivity index (χ2n) is 8.41. The third kappa shape index (κ3) is 3.88. The number of benzene rings is 2. The first kappa shape index (κ1) is 20.7. The zero-order valence-electron chi connectivity index (χ0n) is 19.0. The highest BCUT2D eigenvalue weighted by Crippen LogP contribution is 2.36. The van der Waals surface area contributed by atoms with Gasteiger partial charge in [0.15, 0.2) is 11.5 Å². The normalized spacial score (nSPS) is 17.5. The smallest absolute Gasteiger partial charge is 0.224 e. The van der Waals surface area contributed by atoms with Crippen LogP contribution in [0.2, 0.25) is 0 Å². The summed E-state index contributed by atoms with van der Waals surface area (Å²) in [5.41, 5.74) is 2.65. The predicted octanol–water partition coefficient (Wildman–Crippen LogP) is 3.43. The van der Waals surface area contributed by atoms with E-state index in [1.54, 1.807) is 13.3 Å². The number of hydrogen-bond acceptors (Lipinski definition) is 8. The van der Waals surface area contributed by atoms with E-state index in [0.717, 1.165) is 71.4 Å². The number of nitrogens with zero attached hydrogens (tertiary/aromatic N) is 4. The fourth-order valence-electron chi connectivity index (χ4n) is 4.50. The lowest BCUT2D eigenvalue weighted by Crippen LogP contribution is -2.38. The van der Waals surface area contributed by atoms with Gasteiger partial charge in [0, 0.05) is 30.4 Å². The zero-order valence-corrected chi connectivity index (χ0v) is 19.0. The van der Waals surface area contributed by atoms with Crippen LogP contribution in [0.3, 0.4) is 0 Å². The molecule has 2 aliphatic rings. The molecule has 9 nitrogen and oxygen atoms in total. The molecule has 2 aromatic heterocycles. The van der Waals surface area contributed by atoms with E-state index < -0.39 is 0 Å². The van der Waals surface area contributed by atoms with Gasteiger partial charge in [0.1, 0.15) is 30.6 Å². The third-order valence-corrected chi connectivity index (χ3v) is 6.16. The molecule has 0 amide bonds. The molecule has 0 radical (unpaired) electrons. The van der Waals surface area contributed by atoms with Crippen LogP contribution in [0.15, 0.2) is 48.7 Å². The summed E-state index contributed by atoms with van der Waals surface area (Å²) in [6.45, 7) is 3.05.